The highest BCUT2D eigenvalue weighted by atomic mass is 16.2. The van der Waals surface area contributed by atoms with E-state index in [1.165, 1.54) is 9.13 Å². The van der Waals surface area contributed by atoms with Gasteiger partial charge in [-0.15, -0.1) is 0 Å². The number of amides is 2. The third-order valence-corrected chi connectivity index (χ3v) is 4.74. The SMILES string of the molecule is Cc1cc(C)c(NC(=O)CNC(=O)Cn2c(=O)n(C)c3ccccc32)c(C)c1. The number of aryl methyl sites for hydroxylation is 4. The van der Waals surface area contributed by atoms with Gasteiger partial charge in [-0.3, -0.25) is 18.7 Å². The zero-order valence-electron chi connectivity index (χ0n) is 16.5. The smallest absolute Gasteiger partial charge is 0.329 e. The van der Waals surface area contributed by atoms with Crippen molar-refractivity contribution in [2.75, 3.05) is 11.9 Å². The number of anilines is 1. The average Bonchev–Trinajstić information content (AvgIpc) is 2.88. The van der Waals surface area contributed by atoms with E-state index < -0.39 is 5.91 Å². The number of carbonyl (C=O) groups excluding carboxylic acids is 2. The standard InChI is InChI=1S/C21H24N4O3/c1-13-9-14(2)20(15(3)10-13)23-18(26)11-22-19(27)12-25-17-8-6-5-7-16(17)24(4)21(25)28/h5-10H,11-12H2,1-4H3,(H,22,27)(H,23,26). The van der Waals surface area contributed by atoms with Crippen molar-refractivity contribution in [2.24, 2.45) is 7.05 Å². The van der Waals surface area contributed by atoms with E-state index in [2.05, 4.69) is 10.6 Å². The summed E-state index contributed by atoms with van der Waals surface area (Å²) in [5, 5.41) is 5.43. The summed E-state index contributed by atoms with van der Waals surface area (Å²) in [5.41, 5.74) is 4.99. The number of hydrogen-bond donors (Lipinski definition) is 2. The van der Waals surface area contributed by atoms with Crippen molar-refractivity contribution in [3.05, 3.63) is 63.6 Å². The number of fused-ring (bicyclic) bond motifs is 1. The fraction of sp³-hybridized carbons (Fsp3) is 0.286. The van der Waals surface area contributed by atoms with Crippen LogP contribution in [-0.4, -0.2) is 27.5 Å². The lowest BCUT2D eigenvalue weighted by Gasteiger charge is -2.13. The highest BCUT2D eigenvalue weighted by Gasteiger charge is 2.14. The van der Waals surface area contributed by atoms with Crippen LogP contribution in [0.15, 0.2) is 41.2 Å². The Kier molecular flexibility index (Phi) is 5.35. The minimum Gasteiger partial charge on any atom is -0.345 e. The number of aromatic nitrogens is 2. The lowest BCUT2D eigenvalue weighted by Crippen LogP contribution is -2.37. The highest BCUT2D eigenvalue weighted by Crippen LogP contribution is 2.21. The van der Waals surface area contributed by atoms with E-state index in [1.807, 2.05) is 51.1 Å². The zero-order chi connectivity index (χ0) is 20.4. The van der Waals surface area contributed by atoms with Gasteiger partial charge in [-0.25, -0.2) is 4.79 Å². The van der Waals surface area contributed by atoms with Crippen LogP contribution in [0.1, 0.15) is 16.7 Å². The number of para-hydroxylation sites is 2. The van der Waals surface area contributed by atoms with Gasteiger partial charge in [0.05, 0.1) is 17.6 Å². The Morgan fingerprint density at radius 3 is 2.21 bits per heavy atom. The first-order valence-corrected chi connectivity index (χ1v) is 9.06. The molecule has 3 rings (SSSR count). The molecule has 0 aliphatic rings. The molecule has 1 aromatic heterocycles. The van der Waals surface area contributed by atoms with Gasteiger partial charge >= 0.3 is 5.69 Å². The summed E-state index contributed by atoms with van der Waals surface area (Å²) in [6.07, 6.45) is 0. The molecule has 1 heterocycles. The van der Waals surface area contributed by atoms with Gasteiger partial charge in [0.15, 0.2) is 0 Å². The molecule has 146 valence electrons. The summed E-state index contributed by atoms with van der Waals surface area (Å²) in [6.45, 7) is 5.56. The number of rotatable bonds is 5. The van der Waals surface area contributed by atoms with Crippen LogP contribution >= 0.6 is 0 Å². The number of nitrogens with one attached hydrogen (secondary N) is 2. The number of benzene rings is 2. The number of hydrogen-bond acceptors (Lipinski definition) is 3. The molecule has 2 N–H and O–H groups in total. The maximum atomic E-state index is 12.4. The van der Waals surface area contributed by atoms with E-state index in [1.54, 1.807) is 13.1 Å². The molecule has 0 aliphatic heterocycles. The van der Waals surface area contributed by atoms with E-state index in [4.69, 9.17) is 0 Å². The van der Waals surface area contributed by atoms with E-state index >= 15 is 0 Å². The molecule has 0 fully saturated rings. The minimum absolute atomic E-state index is 0.143. The quantitative estimate of drug-likeness (QED) is 0.710. The van der Waals surface area contributed by atoms with Crippen LogP contribution in [0.3, 0.4) is 0 Å². The summed E-state index contributed by atoms with van der Waals surface area (Å²) in [5.74, 6) is -0.709. The van der Waals surface area contributed by atoms with Crippen molar-refractivity contribution in [1.82, 2.24) is 14.5 Å². The Balaban J connectivity index is 1.65. The fourth-order valence-corrected chi connectivity index (χ4v) is 3.46. The van der Waals surface area contributed by atoms with Crippen molar-refractivity contribution in [2.45, 2.75) is 27.3 Å². The first-order valence-electron chi connectivity index (χ1n) is 9.06. The summed E-state index contributed by atoms with van der Waals surface area (Å²) in [4.78, 5) is 36.9. The molecular weight excluding hydrogens is 356 g/mol. The molecule has 0 spiro atoms. The zero-order valence-corrected chi connectivity index (χ0v) is 16.5. The van der Waals surface area contributed by atoms with Crippen LogP contribution in [-0.2, 0) is 23.2 Å². The van der Waals surface area contributed by atoms with Gasteiger partial charge in [0.2, 0.25) is 11.8 Å². The first kappa shape index (κ1) is 19.4. The number of carbonyl (C=O) groups is 2. The summed E-state index contributed by atoms with van der Waals surface area (Å²) in [6, 6.07) is 11.3. The van der Waals surface area contributed by atoms with Crippen molar-refractivity contribution in [3.8, 4) is 0 Å². The third-order valence-electron chi connectivity index (χ3n) is 4.74. The van der Waals surface area contributed by atoms with E-state index in [-0.39, 0.29) is 24.7 Å². The second kappa shape index (κ2) is 7.72. The normalized spacial score (nSPS) is 10.9. The molecule has 7 nitrogen and oxygen atoms in total. The van der Waals surface area contributed by atoms with Crippen molar-refractivity contribution >= 4 is 28.5 Å². The Bertz CT molecular complexity index is 1100. The van der Waals surface area contributed by atoms with Gasteiger partial charge in [0, 0.05) is 12.7 Å². The average molecular weight is 380 g/mol. The van der Waals surface area contributed by atoms with Crippen molar-refractivity contribution in [1.29, 1.82) is 0 Å². The molecule has 0 saturated heterocycles. The van der Waals surface area contributed by atoms with Crippen LogP contribution in [0.5, 0.6) is 0 Å². The van der Waals surface area contributed by atoms with Crippen molar-refractivity contribution in [3.63, 3.8) is 0 Å². The molecule has 0 saturated carbocycles. The molecule has 0 bridgehead atoms. The highest BCUT2D eigenvalue weighted by molar-refractivity contribution is 5.95. The maximum absolute atomic E-state index is 12.4. The van der Waals surface area contributed by atoms with E-state index in [0.717, 1.165) is 27.9 Å². The van der Waals surface area contributed by atoms with Gasteiger partial charge in [-0.1, -0.05) is 29.8 Å². The van der Waals surface area contributed by atoms with Crippen LogP contribution in [0.2, 0.25) is 0 Å². The molecular formula is C21H24N4O3. The third kappa shape index (κ3) is 3.83. The second-order valence-electron chi connectivity index (χ2n) is 7.02. The maximum Gasteiger partial charge on any atom is 0.329 e. The lowest BCUT2D eigenvalue weighted by atomic mass is 10.1. The molecule has 0 atom stereocenters. The molecule has 0 radical (unpaired) electrons. The summed E-state index contributed by atoms with van der Waals surface area (Å²) >= 11 is 0. The monoisotopic (exact) mass is 380 g/mol. The minimum atomic E-state index is -0.397. The van der Waals surface area contributed by atoms with Crippen molar-refractivity contribution < 1.29 is 9.59 Å². The van der Waals surface area contributed by atoms with Gasteiger partial charge in [0.1, 0.15) is 6.54 Å². The molecule has 0 aliphatic carbocycles. The number of imidazole rings is 1. The molecule has 2 aromatic carbocycles. The fourth-order valence-electron chi connectivity index (χ4n) is 3.46. The predicted molar refractivity (Wildman–Crippen MR) is 109 cm³/mol. The Morgan fingerprint density at radius 1 is 0.964 bits per heavy atom. The Labute approximate surface area is 163 Å². The van der Waals surface area contributed by atoms with Gasteiger partial charge in [-0.05, 0) is 44.0 Å². The molecule has 28 heavy (non-hydrogen) atoms. The first-order chi connectivity index (χ1) is 13.3. The lowest BCUT2D eigenvalue weighted by molar-refractivity contribution is -0.124. The van der Waals surface area contributed by atoms with Gasteiger partial charge in [-0.2, -0.15) is 0 Å². The number of nitrogens with zero attached hydrogens (tertiary/aromatic N) is 2. The topological polar surface area (TPSA) is 85.1 Å². The summed E-state index contributed by atoms with van der Waals surface area (Å²) < 4.78 is 2.90. The van der Waals surface area contributed by atoms with Crippen LogP contribution in [0.4, 0.5) is 5.69 Å². The predicted octanol–water partition coefficient (Wildman–Crippen LogP) is 2.02. The van der Waals surface area contributed by atoms with E-state index in [0.29, 0.717) is 5.52 Å². The Hall–Kier alpha value is -3.35. The molecule has 0 unspecified atom stereocenters. The second-order valence-corrected chi connectivity index (χ2v) is 7.02. The van der Waals surface area contributed by atoms with Crippen LogP contribution in [0.25, 0.3) is 11.0 Å². The molecule has 3 aromatic rings. The van der Waals surface area contributed by atoms with Gasteiger partial charge in [0.25, 0.3) is 0 Å². The molecule has 7 heteroatoms. The van der Waals surface area contributed by atoms with E-state index in [9.17, 15) is 14.4 Å². The van der Waals surface area contributed by atoms with Crippen LogP contribution in [0, 0.1) is 20.8 Å². The summed E-state index contributed by atoms with van der Waals surface area (Å²) in [7, 11) is 1.67. The molecule has 2 amide bonds. The van der Waals surface area contributed by atoms with Crippen LogP contribution < -0.4 is 16.3 Å². The van der Waals surface area contributed by atoms with Gasteiger partial charge < -0.3 is 10.6 Å². The largest absolute Gasteiger partial charge is 0.345 e. The Morgan fingerprint density at radius 2 is 1.57 bits per heavy atom.